The lowest BCUT2D eigenvalue weighted by atomic mass is 10.1. The summed E-state index contributed by atoms with van der Waals surface area (Å²) in [4.78, 5) is 14.2. The number of anilines is 1. The molecule has 0 unspecified atom stereocenters. The highest BCUT2D eigenvalue weighted by Gasteiger charge is 2.23. The third-order valence-electron chi connectivity index (χ3n) is 4.21. The van der Waals surface area contributed by atoms with E-state index in [0.717, 1.165) is 25.3 Å². The molecule has 0 aliphatic carbocycles. The number of nitrogens with zero attached hydrogens (tertiary/aromatic N) is 1. The second-order valence-corrected chi connectivity index (χ2v) is 5.90. The fourth-order valence-corrected chi connectivity index (χ4v) is 2.89. The van der Waals surface area contributed by atoms with E-state index >= 15 is 0 Å². The van der Waals surface area contributed by atoms with Gasteiger partial charge in [0.2, 0.25) is 5.91 Å². The number of amides is 1. The Morgan fingerprint density at radius 2 is 2.33 bits per heavy atom. The first kappa shape index (κ1) is 16.2. The van der Waals surface area contributed by atoms with Crippen molar-refractivity contribution in [3.8, 4) is 5.75 Å². The molecule has 0 spiro atoms. The van der Waals surface area contributed by atoms with Crippen molar-refractivity contribution in [2.75, 3.05) is 31.6 Å². The van der Waals surface area contributed by atoms with E-state index in [1.54, 1.807) is 25.5 Å². The Bertz CT molecular complexity index is 694. The lowest BCUT2D eigenvalue weighted by molar-refractivity contribution is -0.116. The zero-order chi connectivity index (χ0) is 16.8. The van der Waals surface area contributed by atoms with Crippen LogP contribution < -0.4 is 15.0 Å². The molecule has 5 heteroatoms. The van der Waals surface area contributed by atoms with E-state index in [1.165, 1.54) is 11.8 Å². The summed E-state index contributed by atoms with van der Waals surface area (Å²) in [6, 6.07) is 11.7. The van der Waals surface area contributed by atoms with Crippen molar-refractivity contribution in [3.63, 3.8) is 0 Å². The topological polar surface area (TPSA) is 54.7 Å². The summed E-state index contributed by atoms with van der Waals surface area (Å²) in [5.41, 5.74) is 1.17. The molecule has 0 bridgehead atoms. The monoisotopic (exact) mass is 326 g/mol. The number of furan rings is 1. The van der Waals surface area contributed by atoms with Crippen molar-refractivity contribution in [3.05, 3.63) is 54.5 Å². The maximum atomic E-state index is 11.9. The smallest absolute Gasteiger partial charge is 0.244 e. The zero-order valence-electron chi connectivity index (χ0n) is 13.8. The molecule has 1 aliphatic rings. The molecule has 24 heavy (non-hydrogen) atoms. The van der Waals surface area contributed by atoms with E-state index in [-0.39, 0.29) is 5.91 Å². The maximum absolute atomic E-state index is 11.9. The van der Waals surface area contributed by atoms with E-state index in [1.807, 2.05) is 24.3 Å². The zero-order valence-corrected chi connectivity index (χ0v) is 13.8. The molecule has 1 atom stereocenters. The molecular formula is C19H22N2O3. The van der Waals surface area contributed by atoms with Crippen molar-refractivity contribution >= 4 is 17.7 Å². The SMILES string of the molecule is COc1cccc(N2CC[C@H](CNC(=O)/C=C/c3ccco3)C2)c1. The number of carbonyl (C=O) groups is 1. The van der Waals surface area contributed by atoms with Gasteiger partial charge in [0.15, 0.2) is 0 Å². The number of nitrogens with one attached hydrogen (secondary N) is 1. The van der Waals surface area contributed by atoms with Gasteiger partial charge in [-0.05, 0) is 42.7 Å². The Morgan fingerprint density at radius 3 is 3.12 bits per heavy atom. The van der Waals surface area contributed by atoms with Crippen LogP contribution in [-0.2, 0) is 4.79 Å². The summed E-state index contributed by atoms with van der Waals surface area (Å²) in [5, 5.41) is 2.96. The number of hydrogen-bond donors (Lipinski definition) is 1. The van der Waals surface area contributed by atoms with Crippen LogP contribution in [0.25, 0.3) is 6.08 Å². The van der Waals surface area contributed by atoms with Crippen LogP contribution in [0.1, 0.15) is 12.2 Å². The van der Waals surface area contributed by atoms with E-state index in [0.29, 0.717) is 18.2 Å². The van der Waals surface area contributed by atoms with Crippen molar-refractivity contribution < 1.29 is 13.9 Å². The number of ether oxygens (including phenoxy) is 1. The van der Waals surface area contributed by atoms with Crippen molar-refractivity contribution in [1.82, 2.24) is 5.32 Å². The quantitative estimate of drug-likeness (QED) is 0.829. The van der Waals surface area contributed by atoms with E-state index < -0.39 is 0 Å². The number of hydrogen-bond acceptors (Lipinski definition) is 4. The van der Waals surface area contributed by atoms with Gasteiger partial charge in [0.1, 0.15) is 11.5 Å². The van der Waals surface area contributed by atoms with Gasteiger partial charge < -0.3 is 19.4 Å². The first-order valence-corrected chi connectivity index (χ1v) is 8.13. The largest absolute Gasteiger partial charge is 0.497 e. The van der Waals surface area contributed by atoms with Gasteiger partial charge in [-0.1, -0.05) is 6.07 Å². The fraction of sp³-hybridized carbons (Fsp3) is 0.316. The Hall–Kier alpha value is -2.69. The van der Waals surface area contributed by atoms with Gasteiger partial charge in [0.05, 0.1) is 13.4 Å². The highest BCUT2D eigenvalue weighted by molar-refractivity contribution is 5.91. The molecule has 1 aromatic carbocycles. The molecule has 1 aliphatic heterocycles. The van der Waals surface area contributed by atoms with E-state index in [2.05, 4.69) is 16.3 Å². The van der Waals surface area contributed by atoms with Crippen LogP contribution in [0.5, 0.6) is 5.75 Å². The van der Waals surface area contributed by atoms with Gasteiger partial charge in [0.25, 0.3) is 0 Å². The number of rotatable bonds is 6. The maximum Gasteiger partial charge on any atom is 0.244 e. The standard InChI is InChI=1S/C19H22N2O3/c1-23-18-5-2-4-16(12-18)21-10-9-15(14-21)13-20-19(22)8-7-17-6-3-11-24-17/h2-8,11-12,15H,9-10,13-14H2,1H3,(H,20,22)/b8-7+/t15-/m1/s1. The minimum atomic E-state index is -0.0915. The molecule has 0 radical (unpaired) electrons. The summed E-state index contributed by atoms with van der Waals surface area (Å²) in [6.45, 7) is 2.62. The number of carbonyl (C=O) groups excluding carboxylic acids is 1. The van der Waals surface area contributed by atoms with Crippen LogP contribution in [0.4, 0.5) is 5.69 Å². The van der Waals surface area contributed by atoms with Crippen molar-refractivity contribution in [1.29, 1.82) is 0 Å². The predicted molar refractivity (Wildman–Crippen MR) is 94.1 cm³/mol. The summed E-state index contributed by atoms with van der Waals surface area (Å²) in [6.07, 6.45) is 5.84. The molecule has 1 saturated heterocycles. The number of benzene rings is 1. The first-order chi connectivity index (χ1) is 11.7. The summed E-state index contributed by atoms with van der Waals surface area (Å²) >= 11 is 0. The second kappa shape index (κ2) is 7.73. The van der Waals surface area contributed by atoms with Gasteiger partial charge >= 0.3 is 0 Å². The van der Waals surface area contributed by atoms with Gasteiger partial charge in [-0.25, -0.2) is 0 Å². The Labute approximate surface area is 141 Å². The normalized spacial score (nSPS) is 17.4. The van der Waals surface area contributed by atoms with Gasteiger partial charge in [0, 0.05) is 37.5 Å². The Morgan fingerprint density at radius 1 is 1.42 bits per heavy atom. The molecule has 0 saturated carbocycles. The molecule has 126 valence electrons. The van der Waals surface area contributed by atoms with Crippen LogP contribution in [-0.4, -0.2) is 32.7 Å². The highest BCUT2D eigenvalue weighted by Crippen LogP contribution is 2.26. The molecule has 1 N–H and O–H groups in total. The lowest BCUT2D eigenvalue weighted by Crippen LogP contribution is -2.29. The van der Waals surface area contributed by atoms with Crippen LogP contribution in [0.15, 0.2) is 53.2 Å². The third kappa shape index (κ3) is 4.19. The van der Waals surface area contributed by atoms with Crippen LogP contribution in [0.3, 0.4) is 0 Å². The average molecular weight is 326 g/mol. The Kier molecular flexibility index (Phi) is 5.21. The predicted octanol–water partition coefficient (Wildman–Crippen LogP) is 2.94. The average Bonchev–Trinajstić information content (AvgIpc) is 3.30. The van der Waals surface area contributed by atoms with Crippen LogP contribution in [0, 0.1) is 5.92 Å². The first-order valence-electron chi connectivity index (χ1n) is 8.13. The highest BCUT2D eigenvalue weighted by atomic mass is 16.5. The van der Waals surface area contributed by atoms with E-state index in [9.17, 15) is 4.79 Å². The Balaban J connectivity index is 1.46. The molecule has 5 nitrogen and oxygen atoms in total. The molecular weight excluding hydrogens is 304 g/mol. The van der Waals surface area contributed by atoms with Gasteiger partial charge in [-0.2, -0.15) is 0 Å². The van der Waals surface area contributed by atoms with Gasteiger partial charge in [-0.3, -0.25) is 4.79 Å². The minimum absolute atomic E-state index is 0.0915. The minimum Gasteiger partial charge on any atom is -0.497 e. The molecule has 1 fully saturated rings. The fourth-order valence-electron chi connectivity index (χ4n) is 2.89. The molecule has 2 aromatic rings. The van der Waals surface area contributed by atoms with Crippen molar-refractivity contribution in [2.45, 2.75) is 6.42 Å². The molecule has 3 rings (SSSR count). The van der Waals surface area contributed by atoms with Crippen molar-refractivity contribution in [2.24, 2.45) is 5.92 Å². The van der Waals surface area contributed by atoms with E-state index in [4.69, 9.17) is 9.15 Å². The number of methoxy groups -OCH3 is 1. The molecule has 1 amide bonds. The van der Waals surface area contributed by atoms with Gasteiger partial charge in [-0.15, -0.1) is 0 Å². The third-order valence-corrected chi connectivity index (χ3v) is 4.21. The molecule has 1 aromatic heterocycles. The lowest BCUT2D eigenvalue weighted by Gasteiger charge is -2.19. The summed E-state index contributed by atoms with van der Waals surface area (Å²) < 4.78 is 10.4. The summed E-state index contributed by atoms with van der Waals surface area (Å²) in [7, 11) is 1.68. The summed E-state index contributed by atoms with van der Waals surface area (Å²) in [5.74, 6) is 1.91. The second-order valence-electron chi connectivity index (χ2n) is 5.90. The van der Waals surface area contributed by atoms with Crippen LogP contribution >= 0.6 is 0 Å². The van der Waals surface area contributed by atoms with Crippen LogP contribution in [0.2, 0.25) is 0 Å². The molecule has 2 heterocycles.